The van der Waals surface area contributed by atoms with E-state index in [4.69, 9.17) is 4.74 Å². The Balaban J connectivity index is 0.000000309. The summed E-state index contributed by atoms with van der Waals surface area (Å²) in [7, 11) is 0. The SMILES string of the molecule is Cc1ccc(OC(=O)c2c3ccccc3cc[n+]2Cc2ccccc2)cc1.FC(F)(F)c1cc([B-](c2cc(C(F)(F)F)cc(C(F)(F)F)c2)(c2cc(C(F)(F)F)cc(C(F)(F)F)c2)c2cc(C(F)(F)F)cc(C(F)(F)F)c2)cc(C(F)(F)F)c1. The number of carbonyl (C=O) groups is 1. The van der Waals surface area contributed by atoms with Crippen LogP contribution in [0.4, 0.5) is 105 Å². The second-order valence-electron chi connectivity index (χ2n) is 18.8. The molecule has 84 heavy (non-hydrogen) atoms. The first-order chi connectivity index (χ1) is 38.5. The van der Waals surface area contributed by atoms with Crippen LogP contribution in [0.3, 0.4) is 0 Å². The van der Waals surface area contributed by atoms with Crippen molar-refractivity contribution in [1.29, 1.82) is 0 Å². The van der Waals surface area contributed by atoms with Crippen LogP contribution in [0.25, 0.3) is 10.8 Å². The first kappa shape index (κ1) is 63.4. The van der Waals surface area contributed by atoms with Crippen molar-refractivity contribution in [3.05, 3.63) is 225 Å². The van der Waals surface area contributed by atoms with Crippen molar-refractivity contribution in [2.24, 2.45) is 0 Å². The van der Waals surface area contributed by atoms with Crippen molar-refractivity contribution < 1.29 is 119 Å². The minimum absolute atomic E-state index is 0.355. The second kappa shape index (κ2) is 22.4. The molecule has 0 atom stereocenters. The van der Waals surface area contributed by atoms with E-state index in [2.05, 4.69) is 12.1 Å². The standard InChI is InChI=1S/C32H12BF24.C24H20NO2/c34-25(35,36)13-1-14(26(37,38)39)6-21(5-13)33(22-7-15(27(40,41)42)2-16(8-22)28(43,44)45,23-9-17(29(46,47)48)3-18(10-23)30(49,50)51)24-11-19(31(52,53)54)4-20(12-24)32(55,56)57;1-18-11-13-21(14-12-18)27-24(26)23-22-10-6-5-9-20(22)15-16-25(23)17-19-7-3-2-4-8-19/h1-12H;2-16H,17H2,1H3/q-1;+1. The number of pyridine rings is 1. The highest BCUT2D eigenvalue weighted by Crippen LogP contribution is 2.42. The molecule has 0 spiro atoms. The number of alkyl halides is 24. The summed E-state index contributed by atoms with van der Waals surface area (Å²) in [5.74, 6) is 0.191. The van der Waals surface area contributed by atoms with E-state index in [0.29, 0.717) is 18.0 Å². The molecule has 28 heteroatoms. The summed E-state index contributed by atoms with van der Waals surface area (Å²) in [4.78, 5) is 13.1. The maximum Gasteiger partial charge on any atom is 0.416 e. The molecule has 0 unspecified atom stereocenters. The van der Waals surface area contributed by atoms with E-state index in [0.717, 1.165) is 21.9 Å². The Morgan fingerprint density at radius 2 is 0.679 bits per heavy atom. The molecule has 0 aliphatic carbocycles. The van der Waals surface area contributed by atoms with Gasteiger partial charge in [-0.1, -0.05) is 115 Å². The lowest BCUT2D eigenvalue weighted by atomic mass is 9.12. The summed E-state index contributed by atoms with van der Waals surface area (Å²) in [5, 5.41) is 1.89. The summed E-state index contributed by atoms with van der Waals surface area (Å²) >= 11 is 0. The van der Waals surface area contributed by atoms with Crippen LogP contribution in [-0.2, 0) is 56.0 Å². The summed E-state index contributed by atoms with van der Waals surface area (Å²) in [5.41, 5.74) is -27.4. The number of nitrogens with zero attached hydrogens (tertiary/aromatic N) is 1. The molecule has 3 nitrogen and oxygen atoms in total. The van der Waals surface area contributed by atoms with Gasteiger partial charge in [-0.15, -0.1) is 0 Å². The van der Waals surface area contributed by atoms with Gasteiger partial charge in [-0.3, -0.25) is 0 Å². The maximum atomic E-state index is 14.2. The Morgan fingerprint density at radius 3 is 0.988 bits per heavy atom. The van der Waals surface area contributed by atoms with Gasteiger partial charge in [0.25, 0.3) is 5.69 Å². The Morgan fingerprint density at radius 1 is 0.381 bits per heavy atom. The van der Waals surface area contributed by atoms with Crippen LogP contribution in [0.5, 0.6) is 5.75 Å². The number of benzene rings is 7. The summed E-state index contributed by atoms with van der Waals surface area (Å²) in [6.07, 6.45) is -52.9. The molecule has 0 saturated carbocycles. The van der Waals surface area contributed by atoms with Crippen molar-refractivity contribution in [3.8, 4) is 5.75 Å². The molecule has 0 amide bonds. The highest BCUT2D eigenvalue weighted by atomic mass is 19.4. The van der Waals surface area contributed by atoms with Crippen LogP contribution in [0.2, 0.25) is 0 Å². The minimum Gasteiger partial charge on any atom is -0.419 e. The summed E-state index contributed by atoms with van der Waals surface area (Å²) < 4.78 is 348. The van der Waals surface area contributed by atoms with Crippen molar-refractivity contribution in [1.82, 2.24) is 0 Å². The predicted octanol–water partition coefficient (Wildman–Crippen LogP) is 15.9. The zero-order valence-corrected chi connectivity index (χ0v) is 41.7. The number of aromatic nitrogens is 1. The van der Waals surface area contributed by atoms with E-state index in [1.165, 1.54) is 0 Å². The monoisotopic (exact) mass is 1220 g/mol. The third-order valence-electron chi connectivity index (χ3n) is 13.0. The smallest absolute Gasteiger partial charge is 0.416 e. The zero-order chi connectivity index (χ0) is 62.6. The molecule has 7 aromatic carbocycles. The number of ether oxygens (including phenoxy) is 1. The van der Waals surface area contributed by atoms with Gasteiger partial charge in [-0.05, 0) is 54.8 Å². The molecule has 0 fully saturated rings. The van der Waals surface area contributed by atoms with Gasteiger partial charge in [0.1, 0.15) is 11.9 Å². The van der Waals surface area contributed by atoms with Crippen LogP contribution in [0.1, 0.15) is 66.1 Å². The lowest BCUT2D eigenvalue weighted by Gasteiger charge is -2.46. The van der Waals surface area contributed by atoms with E-state index in [-0.39, 0.29) is 5.97 Å². The van der Waals surface area contributed by atoms with Gasteiger partial charge in [0.2, 0.25) is 0 Å². The van der Waals surface area contributed by atoms with Crippen molar-refractivity contribution in [3.63, 3.8) is 0 Å². The van der Waals surface area contributed by atoms with Gasteiger partial charge in [-0.2, -0.15) is 132 Å². The maximum absolute atomic E-state index is 14.2. The third kappa shape index (κ3) is 14.2. The Bertz CT molecular complexity index is 3270. The topological polar surface area (TPSA) is 30.2 Å². The molecular weight excluding hydrogens is 1190 g/mol. The van der Waals surface area contributed by atoms with E-state index >= 15 is 0 Å². The highest BCUT2D eigenvalue weighted by Gasteiger charge is 2.47. The fraction of sp³-hybridized carbons (Fsp3) is 0.179. The van der Waals surface area contributed by atoms with Gasteiger partial charge in [0, 0.05) is 11.6 Å². The first-order valence-corrected chi connectivity index (χ1v) is 23.6. The van der Waals surface area contributed by atoms with E-state index < -0.39 is 195 Å². The molecule has 0 radical (unpaired) electrons. The van der Waals surface area contributed by atoms with Crippen molar-refractivity contribution in [2.75, 3.05) is 0 Å². The summed E-state index contributed by atoms with van der Waals surface area (Å²) in [6, 6.07) is 18.7. The number of fused-ring (bicyclic) bond motifs is 1. The fourth-order valence-corrected chi connectivity index (χ4v) is 9.23. The van der Waals surface area contributed by atoms with E-state index in [9.17, 15) is 110 Å². The number of rotatable bonds is 8. The van der Waals surface area contributed by atoms with Gasteiger partial charge in [-0.25, -0.2) is 4.79 Å². The molecule has 0 aliphatic rings. The second-order valence-corrected chi connectivity index (χ2v) is 18.8. The normalized spacial score (nSPS) is 13.2. The molecule has 1 heterocycles. The van der Waals surface area contributed by atoms with Gasteiger partial charge >= 0.3 is 55.4 Å². The Labute approximate surface area is 457 Å². The third-order valence-corrected chi connectivity index (χ3v) is 13.0. The van der Waals surface area contributed by atoms with Crippen LogP contribution in [-0.4, -0.2) is 12.1 Å². The van der Waals surface area contributed by atoms with Gasteiger partial charge in [0.05, 0.1) is 49.9 Å². The zero-order valence-electron chi connectivity index (χ0n) is 41.7. The molecular formula is C56H32BF24NO2. The molecule has 0 bridgehead atoms. The van der Waals surface area contributed by atoms with Crippen LogP contribution >= 0.6 is 0 Å². The van der Waals surface area contributed by atoms with Crippen LogP contribution in [0.15, 0.2) is 164 Å². The number of hydrogen-bond donors (Lipinski definition) is 0. The Hall–Kier alpha value is -8.20. The average Bonchev–Trinajstić information content (AvgIpc) is 0.749. The highest BCUT2D eigenvalue weighted by molar-refractivity contribution is 7.20. The lowest BCUT2D eigenvalue weighted by Crippen LogP contribution is -2.75. The fourth-order valence-electron chi connectivity index (χ4n) is 9.23. The van der Waals surface area contributed by atoms with Crippen molar-refractivity contribution >= 4 is 44.7 Å². The van der Waals surface area contributed by atoms with E-state index in [1.54, 1.807) is 0 Å². The van der Waals surface area contributed by atoms with Gasteiger partial charge < -0.3 is 4.74 Å². The quantitative estimate of drug-likeness (QED) is 0.0499. The number of hydrogen-bond acceptors (Lipinski definition) is 2. The lowest BCUT2D eigenvalue weighted by molar-refractivity contribution is -0.689. The van der Waals surface area contributed by atoms with Gasteiger partial charge in [0.15, 0.2) is 12.7 Å². The minimum atomic E-state index is -6.13. The van der Waals surface area contributed by atoms with Crippen LogP contribution in [0, 0.1) is 6.92 Å². The molecule has 8 rings (SSSR count). The molecule has 0 aliphatic heterocycles. The number of esters is 1. The van der Waals surface area contributed by atoms with Crippen molar-refractivity contribution in [2.45, 2.75) is 62.9 Å². The number of halogens is 24. The summed E-state index contributed by atoms with van der Waals surface area (Å²) in [6.45, 7) is 2.61. The number of carbonyl (C=O) groups excluding carboxylic acids is 1. The number of aryl methyl sites for hydroxylation is 1. The average molecular weight is 1220 g/mol. The first-order valence-electron chi connectivity index (χ1n) is 23.6. The molecule has 444 valence electrons. The molecule has 0 N–H and O–H groups in total. The Kier molecular flexibility index (Phi) is 16.9. The molecule has 1 aromatic heterocycles. The molecule has 0 saturated heterocycles. The van der Waals surface area contributed by atoms with Crippen LogP contribution < -0.4 is 31.2 Å². The van der Waals surface area contributed by atoms with E-state index in [1.807, 2.05) is 90.5 Å². The largest absolute Gasteiger partial charge is 0.419 e. The predicted molar refractivity (Wildman–Crippen MR) is 256 cm³/mol. The molecule has 8 aromatic rings.